The Morgan fingerprint density at radius 3 is 2.38 bits per heavy atom. The second-order valence-electron chi connectivity index (χ2n) is 4.89. The third-order valence-corrected chi connectivity index (χ3v) is 3.36. The molecule has 0 spiro atoms. The molecule has 0 saturated heterocycles. The predicted octanol–water partition coefficient (Wildman–Crippen LogP) is 3.30. The molecule has 126 valence electrons. The molecule has 0 radical (unpaired) electrons. The topological polar surface area (TPSA) is 102 Å². The Balaban J connectivity index is 2.19. The maximum absolute atomic E-state index is 11.1. The first-order chi connectivity index (χ1) is 11.4. The molecule has 0 heterocycles. The summed E-state index contributed by atoms with van der Waals surface area (Å²) in [4.78, 5) is 22.2. The molecule has 1 N–H and O–H groups in total. The van der Waals surface area contributed by atoms with E-state index in [1.54, 1.807) is 19.2 Å². The van der Waals surface area contributed by atoms with Gasteiger partial charge in [-0.1, -0.05) is 12.1 Å². The van der Waals surface area contributed by atoms with Gasteiger partial charge in [0.25, 0.3) is 5.69 Å². The highest BCUT2D eigenvalue weighted by Crippen LogP contribution is 2.32. The third kappa shape index (κ3) is 3.92. The molecule has 0 aliphatic carbocycles. The monoisotopic (exact) mass is 332 g/mol. The van der Waals surface area contributed by atoms with Gasteiger partial charge in [-0.15, -0.1) is 0 Å². The summed E-state index contributed by atoms with van der Waals surface area (Å²) in [6.07, 6.45) is -1.30. The van der Waals surface area contributed by atoms with Crippen LogP contribution < -0.4 is 14.4 Å². The van der Waals surface area contributed by atoms with Crippen LogP contribution >= 0.6 is 0 Å². The van der Waals surface area contributed by atoms with E-state index < -0.39 is 11.0 Å². The summed E-state index contributed by atoms with van der Waals surface area (Å²) >= 11 is 0. The second kappa shape index (κ2) is 7.32. The van der Waals surface area contributed by atoms with Crippen LogP contribution in [-0.4, -0.2) is 30.3 Å². The average molecular weight is 332 g/mol. The smallest absolute Gasteiger partial charge is 0.411 e. The fourth-order valence-corrected chi connectivity index (χ4v) is 2.01. The second-order valence-corrected chi connectivity index (χ2v) is 4.89. The molecule has 0 unspecified atom stereocenters. The van der Waals surface area contributed by atoms with Crippen LogP contribution in [0.4, 0.5) is 16.2 Å². The highest BCUT2D eigenvalue weighted by atomic mass is 16.6. The zero-order valence-electron chi connectivity index (χ0n) is 13.1. The molecule has 0 fully saturated rings. The van der Waals surface area contributed by atoms with Crippen molar-refractivity contribution in [2.24, 2.45) is 0 Å². The van der Waals surface area contributed by atoms with Crippen LogP contribution in [0.25, 0.3) is 0 Å². The van der Waals surface area contributed by atoms with Gasteiger partial charge in [-0.2, -0.15) is 0 Å². The largest absolute Gasteiger partial charge is 0.497 e. The van der Waals surface area contributed by atoms with Crippen molar-refractivity contribution in [2.45, 2.75) is 6.61 Å². The first-order valence-corrected chi connectivity index (χ1v) is 6.93. The maximum Gasteiger partial charge on any atom is 0.411 e. The number of amides is 1. The lowest BCUT2D eigenvalue weighted by atomic mass is 10.2. The van der Waals surface area contributed by atoms with Gasteiger partial charge in [-0.3, -0.25) is 15.0 Å². The Labute approximate surface area is 138 Å². The van der Waals surface area contributed by atoms with E-state index in [0.717, 1.165) is 16.2 Å². The fourth-order valence-electron chi connectivity index (χ4n) is 2.01. The number of anilines is 1. The van der Waals surface area contributed by atoms with Gasteiger partial charge < -0.3 is 14.6 Å². The van der Waals surface area contributed by atoms with Crippen LogP contribution in [0.1, 0.15) is 5.56 Å². The number of carboxylic acid groups (broad SMARTS) is 1. The van der Waals surface area contributed by atoms with Gasteiger partial charge in [0, 0.05) is 19.2 Å². The van der Waals surface area contributed by atoms with E-state index in [9.17, 15) is 14.9 Å². The summed E-state index contributed by atoms with van der Waals surface area (Å²) in [6, 6.07) is 11.2. The van der Waals surface area contributed by atoms with Gasteiger partial charge >= 0.3 is 6.09 Å². The molecule has 2 aromatic rings. The van der Waals surface area contributed by atoms with Gasteiger partial charge in [0.1, 0.15) is 23.8 Å². The van der Waals surface area contributed by atoms with Crippen LogP contribution in [0.2, 0.25) is 0 Å². The van der Waals surface area contributed by atoms with E-state index in [4.69, 9.17) is 14.6 Å². The van der Waals surface area contributed by atoms with Crippen molar-refractivity contribution in [3.63, 3.8) is 0 Å². The molecule has 8 heteroatoms. The summed E-state index contributed by atoms with van der Waals surface area (Å²) in [5, 5.41) is 20.1. The van der Waals surface area contributed by atoms with Crippen molar-refractivity contribution < 1.29 is 24.3 Å². The number of carbonyl (C=O) groups is 1. The number of methoxy groups -OCH3 is 1. The zero-order chi connectivity index (χ0) is 17.7. The van der Waals surface area contributed by atoms with Crippen LogP contribution in [0.3, 0.4) is 0 Å². The number of benzene rings is 2. The van der Waals surface area contributed by atoms with Crippen molar-refractivity contribution in [1.82, 2.24) is 0 Å². The van der Waals surface area contributed by atoms with Crippen molar-refractivity contribution >= 4 is 17.5 Å². The lowest BCUT2D eigenvalue weighted by molar-refractivity contribution is -0.384. The predicted molar refractivity (Wildman–Crippen MR) is 86.9 cm³/mol. The molecule has 0 aliphatic rings. The average Bonchev–Trinajstić information content (AvgIpc) is 2.59. The van der Waals surface area contributed by atoms with Gasteiger partial charge in [0.05, 0.1) is 12.0 Å². The first-order valence-electron chi connectivity index (χ1n) is 6.93. The third-order valence-electron chi connectivity index (χ3n) is 3.36. The highest BCUT2D eigenvalue weighted by Gasteiger charge is 2.21. The molecule has 0 saturated carbocycles. The van der Waals surface area contributed by atoms with E-state index in [2.05, 4.69) is 0 Å². The number of ether oxygens (including phenoxy) is 2. The zero-order valence-corrected chi connectivity index (χ0v) is 13.1. The van der Waals surface area contributed by atoms with Crippen LogP contribution in [0.5, 0.6) is 11.5 Å². The lowest BCUT2D eigenvalue weighted by Gasteiger charge is -2.15. The Bertz CT molecular complexity index is 745. The highest BCUT2D eigenvalue weighted by molar-refractivity contribution is 5.89. The molecule has 2 rings (SSSR count). The van der Waals surface area contributed by atoms with Crippen LogP contribution in [0.15, 0.2) is 42.5 Å². The number of nitro groups is 1. The standard InChI is InChI=1S/C16H16N2O6/c1-17(16(19)20)15-9-13(7-8-14(15)18(21)22)24-10-11-3-5-12(23-2)6-4-11/h3-9H,10H2,1-2H3,(H,19,20). The molecular formula is C16H16N2O6. The minimum atomic E-state index is -1.30. The molecule has 0 aromatic heterocycles. The number of rotatable bonds is 6. The SMILES string of the molecule is COc1ccc(COc2ccc([N+](=O)[O-])c(N(C)C(=O)O)c2)cc1. The Morgan fingerprint density at radius 1 is 1.21 bits per heavy atom. The number of hydrogen-bond acceptors (Lipinski definition) is 5. The van der Waals surface area contributed by atoms with Crippen LogP contribution in [-0.2, 0) is 6.61 Å². The van der Waals surface area contributed by atoms with E-state index in [0.29, 0.717) is 5.75 Å². The molecule has 1 amide bonds. The van der Waals surface area contributed by atoms with Crippen molar-refractivity contribution in [3.8, 4) is 11.5 Å². The minimum Gasteiger partial charge on any atom is -0.497 e. The summed E-state index contributed by atoms with van der Waals surface area (Å²) in [5.41, 5.74) is 0.513. The number of hydrogen-bond donors (Lipinski definition) is 1. The number of nitro benzene ring substituents is 1. The maximum atomic E-state index is 11.1. The minimum absolute atomic E-state index is 0.0558. The summed E-state index contributed by atoms with van der Waals surface area (Å²) in [6.45, 7) is 0.234. The molecule has 0 aliphatic heterocycles. The van der Waals surface area contributed by atoms with Gasteiger partial charge in [-0.25, -0.2) is 4.79 Å². The summed E-state index contributed by atoms with van der Waals surface area (Å²) in [7, 11) is 2.81. The first kappa shape index (κ1) is 17.1. The van der Waals surface area contributed by atoms with Crippen molar-refractivity contribution in [1.29, 1.82) is 0 Å². The summed E-state index contributed by atoms with van der Waals surface area (Å²) < 4.78 is 10.7. The van der Waals surface area contributed by atoms with Crippen molar-refractivity contribution in [2.75, 3.05) is 19.1 Å². The molecule has 0 atom stereocenters. The van der Waals surface area contributed by atoms with Gasteiger partial charge in [-0.05, 0) is 23.8 Å². The molecule has 24 heavy (non-hydrogen) atoms. The van der Waals surface area contributed by atoms with Crippen LogP contribution in [0, 0.1) is 10.1 Å². The molecule has 2 aromatic carbocycles. The molecular weight excluding hydrogens is 316 g/mol. The lowest BCUT2D eigenvalue weighted by Crippen LogP contribution is -2.24. The summed E-state index contributed by atoms with van der Waals surface area (Å²) in [5.74, 6) is 1.05. The number of nitrogens with zero attached hydrogens (tertiary/aromatic N) is 2. The molecule has 8 nitrogen and oxygen atoms in total. The van der Waals surface area contributed by atoms with E-state index in [1.165, 1.54) is 25.2 Å². The van der Waals surface area contributed by atoms with E-state index in [1.807, 2.05) is 12.1 Å². The van der Waals surface area contributed by atoms with E-state index in [-0.39, 0.29) is 18.0 Å². The Hall–Kier alpha value is -3.29. The van der Waals surface area contributed by atoms with E-state index >= 15 is 0 Å². The van der Waals surface area contributed by atoms with Crippen molar-refractivity contribution in [3.05, 3.63) is 58.1 Å². The van der Waals surface area contributed by atoms with Gasteiger partial charge in [0.2, 0.25) is 0 Å². The molecule has 0 bridgehead atoms. The van der Waals surface area contributed by atoms with Gasteiger partial charge in [0.15, 0.2) is 0 Å². The normalized spacial score (nSPS) is 10.1. The Morgan fingerprint density at radius 2 is 1.83 bits per heavy atom. The Kier molecular flexibility index (Phi) is 5.20. The fraction of sp³-hybridized carbons (Fsp3) is 0.188. The quantitative estimate of drug-likeness (QED) is 0.643.